The lowest BCUT2D eigenvalue weighted by atomic mass is 10.2. The monoisotopic (exact) mass is 249 g/mol. The van der Waals surface area contributed by atoms with Gasteiger partial charge < -0.3 is 9.88 Å². The van der Waals surface area contributed by atoms with E-state index in [-0.39, 0.29) is 0 Å². The van der Waals surface area contributed by atoms with Gasteiger partial charge in [-0.15, -0.1) is 0 Å². The summed E-state index contributed by atoms with van der Waals surface area (Å²) >= 11 is 6.09. The molecule has 90 valence electrons. The van der Waals surface area contributed by atoms with Gasteiger partial charge >= 0.3 is 0 Å². The van der Waals surface area contributed by atoms with Crippen LogP contribution >= 0.6 is 11.6 Å². The number of aromatic nitrogens is 2. The number of hydrogen-bond acceptors (Lipinski definition) is 2. The van der Waals surface area contributed by atoms with Crippen molar-refractivity contribution in [3.8, 4) is 0 Å². The molecule has 2 rings (SSSR count). The largest absolute Gasteiger partial charge is 0.325 e. The highest BCUT2D eigenvalue weighted by Gasteiger charge is 2.07. The van der Waals surface area contributed by atoms with Gasteiger partial charge in [-0.25, -0.2) is 4.98 Å². The minimum atomic E-state index is 0.765. The molecule has 1 aromatic carbocycles. The lowest BCUT2D eigenvalue weighted by Gasteiger charge is -2.11. The van der Waals surface area contributed by atoms with Crippen LogP contribution in [0.4, 0.5) is 11.6 Å². The second-order valence-corrected chi connectivity index (χ2v) is 4.44. The van der Waals surface area contributed by atoms with Gasteiger partial charge in [-0.3, -0.25) is 0 Å². The Morgan fingerprint density at radius 2 is 2.12 bits per heavy atom. The lowest BCUT2D eigenvalue weighted by Crippen LogP contribution is -2.02. The third-order valence-electron chi connectivity index (χ3n) is 2.75. The molecule has 0 bridgehead atoms. The number of nitrogens with zero attached hydrogens (tertiary/aromatic N) is 2. The summed E-state index contributed by atoms with van der Waals surface area (Å²) in [6.45, 7) is 6.97. The lowest BCUT2D eigenvalue weighted by molar-refractivity contribution is 0.771. The average molecular weight is 250 g/mol. The Bertz CT molecular complexity index is 531. The number of halogens is 1. The summed E-state index contributed by atoms with van der Waals surface area (Å²) in [5.74, 6) is 0.857. The average Bonchev–Trinajstić information content (AvgIpc) is 2.65. The Hall–Kier alpha value is -1.48. The fourth-order valence-electron chi connectivity index (χ4n) is 1.75. The molecule has 0 spiro atoms. The summed E-state index contributed by atoms with van der Waals surface area (Å²) in [4.78, 5) is 4.46. The van der Waals surface area contributed by atoms with Gasteiger partial charge in [0, 0.05) is 23.5 Å². The molecular weight excluding hydrogens is 234 g/mol. The third kappa shape index (κ3) is 2.44. The zero-order valence-electron chi connectivity index (χ0n) is 10.3. The van der Waals surface area contributed by atoms with Crippen molar-refractivity contribution < 1.29 is 0 Å². The molecule has 0 atom stereocenters. The van der Waals surface area contributed by atoms with Gasteiger partial charge in [0.1, 0.15) is 0 Å². The van der Waals surface area contributed by atoms with E-state index in [4.69, 9.17) is 11.6 Å². The van der Waals surface area contributed by atoms with Crippen molar-refractivity contribution in [1.29, 1.82) is 0 Å². The van der Waals surface area contributed by atoms with Crippen molar-refractivity contribution in [2.75, 3.05) is 5.32 Å². The van der Waals surface area contributed by atoms with Crippen LogP contribution in [0.1, 0.15) is 18.2 Å². The summed E-state index contributed by atoms with van der Waals surface area (Å²) in [5, 5.41) is 4.09. The Morgan fingerprint density at radius 1 is 1.35 bits per heavy atom. The molecule has 0 fully saturated rings. The SMILES string of the molecule is CCn1cc(C)nc1Nc1cccc(Cl)c1C. The van der Waals surface area contributed by atoms with E-state index in [1.807, 2.05) is 38.2 Å². The maximum atomic E-state index is 6.09. The molecule has 0 aliphatic heterocycles. The first-order valence-electron chi connectivity index (χ1n) is 5.67. The van der Waals surface area contributed by atoms with Crippen LogP contribution in [-0.4, -0.2) is 9.55 Å². The van der Waals surface area contributed by atoms with Crippen molar-refractivity contribution in [2.45, 2.75) is 27.3 Å². The van der Waals surface area contributed by atoms with E-state index in [1.54, 1.807) is 0 Å². The molecule has 1 N–H and O–H groups in total. The minimum Gasteiger partial charge on any atom is -0.325 e. The van der Waals surface area contributed by atoms with Gasteiger partial charge in [0.25, 0.3) is 0 Å². The first kappa shape index (κ1) is 12.0. The maximum Gasteiger partial charge on any atom is 0.207 e. The normalized spacial score (nSPS) is 10.6. The van der Waals surface area contributed by atoms with E-state index in [0.717, 1.165) is 34.5 Å². The predicted octanol–water partition coefficient (Wildman–Crippen LogP) is 3.92. The fraction of sp³-hybridized carbons (Fsp3) is 0.308. The standard InChI is InChI=1S/C13H16ClN3/c1-4-17-8-9(2)15-13(17)16-12-7-5-6-11(14)10(12)3/h5-8H,4H2,1-3H3,(H,15,16). The van der Waals surface area contributed by atoms with Crippen molar-refractivity contribution in [3.05, 3.63) is 40.7 Å². The number of hydrogen-bond donors (Lipinski definition) is 1. The van der Waals surface area contributed by atoms with Crippen molar-refractivity contribution >= 4 is 23.2 Å². The Kier molecular flexibility index (Phi) is 3.38. The molecule has 2 aromatic rings. The zero-order chi connectivity index (χ0) is 12.4. The summed E-state index contributed by atoms with van der Waals surface area (Å²) < 4.78 is 2.08. The van der Waals surface area contributed by atoms with Crippen molar-refractivity contribution in [3.63, 3.8) is 0 Å². The molecular formula is C13H16ClN3. The van der Waals surface area contributed by atoms with Gasteiger partial charge in [-0.2, -0.15) is 0 Å². The number of aryl methyl sites for hydroxylation is 2. The fourth-order valence-corrected chi connectivity index (χ4v) is 1.93. The molecule has 0 amide bonds. The first-order chi connectivity index (χ1) is 8.11. The number of rotatable bonds is 3. The second-order valence-electron chi connectivity index (χ2n) is 4.03. The Balaban J connectivity index is 2.34. The van der Waals surface area contributed by atoms with E-state index in [9.17, 15) is 0 Å². The van der Waals surface area contributed by atoms with Crippen molar-refractivity contribution in [1.82, 2.24) is 9.55 Å². The molecule has 17 heavy (non-hydrogen) atoms. The first-order valence-corrected chi connectivity index (χ1v) is 6.05. The van der Waals surface area contributed by atoms with E-state index in [0.29, 0.717) is 0 Å². The Morgan fingerprint density at radius 3 is 2.82 bits per heavy atom. The quantitative estimate of drug-likeness (QED) is 0.894. The summed E-state index contributed by atoms with van der Waals surface area (Å²) in [7, 11) is 0. The molecule has 0 saturated carbocycles. The number of anilines is 2. The third-order valence-corrected chi connectivity index (χ3v) is 3.16. The van der Waals surface area contributed by atoms with Gasteiger partial charge in [0.15, 0.2) is 0 Å². The molecule has 0 unspecified atom stereocenters. The highest BCUT2D eigenvalue weighted by molar-refractivity contribution is 6.31. The molecule has 0 saturated heterocycles. The summed E-state index contributed by atoms with van der Waals surface area (Å²) in [6, 6.07) is 5.83. The molecule has 0 aliphatic rings. The van der Waals surface area contributed by atoms with E-state index < -0.39 is 0 Å². The minimum absolute atomic E-state index is 0.765. The molecule has 0 aliphatic carbocycles. The number of benzene rings is 1. The molecule has 0 radical (unpaired) electrons. The zero-order valence-corrected chi connectivity index (χ0v) is 11.0. The van der Waals surface area contributed by atoms with E-state index in [1.165, 1.54) is 0 Å². The predicted molar refractivity (Wildman–Crippen MR) is 72.1 cm³/mol. The van der Waals surface area contributed by atoms with Crippen molar-refractivity contribution in [2.24, 2.45) is 0 Å². The molecule has 4 heteroatoms. The van der Waals surface area contributed by atoms with Gasteiger partial charge in [0.05, 0.1) is 5.69 Å². The molecule has 3 nitrogen and oxygen atoms in total. The maximum absolute atomic E-state index is 6.09. The summed E-state index contributed by atoms with van der Waals surface area (Å²) in [5.41, 5.74) is 3.05. The highest BCUT2D eigenvalue weighted by Crippen LogP contribution is 2.25. The van der Waals surface area contributed by atoms with Crippen LogP contribution in [0.2, 0.25) is 5.02 Å². The topological polar surface area (TPSA) is 29.9 Å². The van der Waals surface area contributed by atoms with Gasteiger partial charge in [-0.05, 0) is 38.5 Å². The van der Waals surface area contributed by atoms with Gasteiger partial charge in [0.2, 0.25) is 5.95 Å². The van der Waals surface area contributed by atoms with Crippen LogP contribution in [0.3, 0.4) is 0 Å². The second kappa shape index (κ2) is 4.80. The number of imidazole rings is 1. The van der Waals surface area contributed by atoms with Gasteiger partial charge in [-0.1, -0.05) is 17.7 Å². The van der Waals surface area contributed by atoms with Crippen LogP contribution in [0.5, 0.6) is 0 Å². The van der Waals surface area contributed by atoms with Crippen LogP contribution < -0.4 is 5.32 Å². The smallest absolute Gasteiger partial charge is 0.207 e. The van der Waals surface area contributed by atoms with E-state index >= 15 is 0 Å². The Labute approximate surface area is 106 Å². The van der Waals surface area contributed by atoms with E-state index in [2.05, 4.69) is 21.8 Å². The van der Waals surface area contributed by atoms with Crippen LogP contribution in [-0.2, 0) is 6.54 Å². The molecule has 1 heterocycles. The highest BCUT2D eigenvalue weighted by atomic mass is 35.5. The van der Waals surface area contributed by atoms with Crippen LogP contribution in [0.15, 0.2) is 24.4 Å². The van der Waals surface area contributed by atoms with Crippen LogP contribution in [0.25, 0.3) is 0 Å². The summed E-state index contributed by atoms with van der Waals surface area (Å²) in [6.07, 6.45) is 2.03. The molecule has 1 aromatic heterocycles. The number of nitrogens with one attached hydrogen (secondary N) is 1. The van der Waals surface area contributed by atoms with Crippen LogP contribution in [0, 0.1) is 13.8 Å².